The molecule has 1 saturated heterocycles. The fraction of sp³-hybridized carbons (Fsp3) is 0.500. The van der Waals surface area contributed by atoms with E-state index in [1.165, 1.54) is 11.3 Å². The molecule has 106 valence electrons. The third-order valence-electron chi connectivity index (χ3n) is 3.23. The minimum absolute atomic E-state index is 0.0507. The Morgan fingerprint density at radius 1 is 1.50 bits per heavy atom. The third kappa shape index (κ3) is 2.51. The van der Waals surface area contributed by atoms with Gasteiger partial charge in [0.15, 0.2) is 5.76 Å². The fourth-order valence-electron chi connectivity index (χ4n) is 2.36. The van der Waals surface area contributed by atoms with Crippen LogP contribution in [0.4, 0.5) is 9.93 Å². The molecule has 0 bridgehead atoms. The summed E-state index contributed by atoms with van der Waals surface area (Å²) in [5.74, 6) is 0.739. The number of urea groups is 1. The quantitative estimate of drug-likeness (QED) is 0.919. The van der Waals surface area contributed by atoms with Gasteiger partial charge in [-0.3, -0.25) is 5.32 Å². The average Bonchev–Trinajstić information content (AvgIpc) is 3.09. The first-order valence-electron chi connectivity index (χ1n) is 6.44. The Morgan fingerprint density at radius 2 is 2.35 bits per heavy atom. The number of likely N-dealkylation sites (tertiary alicyclic amines) is 1. The molecule has 0 aliphatic carbocycles. The Morgan fingerprint density at radius 3 is 3.00 bits per heavy atom. The summed E-state index contributed by atoms with van der Waals surface area (Å²) >= 11 is 1.36. The molecule has 1 aliphatic rings. The van der Waals surface area contributed by atoms with Gasteiger partial charge in [0.25, 0.3) is 0 Å². The summed E-state index contributed by atoms with van der Waals surface area (Å²) in [5.41, 5.74) is 0.826. The van der Waals surface area contributed by atoms with Crippen molar-refractivity contribution in [3.63, 3.8) is 0 Å². The second kappa shape index (κ2) is 5.20. The second-order valence-corrected chi connectivity index (χ2v) is 5.96. The summed E-state index contributed by atoms with van der Waals surface area (Å²) in [6.45, 7) is 4.42. The zero-order valence-corrected chi connectivity index (χ0v) is 12.1. The number of anilines is 1. The predicted octanol–water partition coefficient (Wildman–Crippen LogP) is 2.51. The molecule has 1 unspecified atom stereocenters. The van der Waals surface area contributed by atoms with Crippen molar-refractivity contribution in [2.24, 2.45) is 0 Å². The van der Waals surface area contributed by atoms with Crippen LogP contribution in [0.1, 0.15) is 35.3 Å². The van der Waals surface area contributed by atoms with Gasteiger partial charge in [-0.1, -0.05) is 16.5 Å². The van der Waals surface area contributed by atoms with Gasteiger partial charge >= 0.3 is 6.03 Å². The summed E-state index contributed by atoms with van der Waals surface area (Å²) in [6.07, 6.45) is 1.84. The van der Waals surface area contributed by atoms with Gasteiger partial charge in [0.1, 0.15) is 5.01 Å². The molecule has 8 heteroatoms. The maximum absolute atomic E-state index is 12.3. The van der Waals surface area contributed by atoms with Crippen LogP contribution in [-0.4, -0.2) is 32.8 Å². The molecule has 2 aromatic heterocycles. The van der Waals surface area contributed by atoms with Gasteiger partial charge in [-0.25, -0.2) is 4.79 Å². The van der Waals surface area contributed by atoms with E-state index in [2.05, 4.69) is 20.7 Å². The van der Waals surface area contributed by atoms with E-state index in [0.29, 0.717) is 11.7 Å². The minimum atomic E-state index is -0.169. The van der Waals surface area contributed by atoms with Crippen LogP contribution in [0.5, 0.6) is 0 Å². The summed E-state index contributed by atoms with van der Waals surface area (Å²) < 4.78 is 5.29. The lowest BCUT2D eigenvalue weighted by Crippen LogP contribution is -2.34. The average molecular weight is 293 g/mol. The molecule has 0 radical (unpaired) electrons. The van der Waals surface area contributed by atoms with E-state index in [9.17, 15) is 4.79 Å². The Hall–Kier alpha value is -1.96. The molecular formula is C12H15N5O2S. The van der Waals surface area contributed by atoms with Gasteiger partial charge in [0.05, 0.1) is 11.7 Å². The largest absolute Gasteiger partial charge is 0.359 e. The minimum Gasteiger partial charge on any atom is -0.359 e. The topological polar surface area (TPSA) is 84.2 Å². The van der Waals surface area contributed by atoms with Crippen molar-refractivity contribution in [2.75, 3.05) is 11.9 Å². The smallest absolute Gasteiger partial charge is 0.324 e. The molecule has 3 heterocycles. The number of nitrogens with zero attached hydrogens (tertiary/aromatic N) is 4. The normalized spacial score (nSPS) is 18.5. The molecule has 0 saturated carbocycles. The maximum atomic E-state index is 12.3. The van der Waals surface area contributed by atoms with Gasteiger partial charge in [-0.05, 0) is 26.7 Å². The monoisotopic (exact) mass is 293 g/mol. The number of carbonyl (C=O) groups is 1. The number of carbonyl (C=O) groups excluding carboxylic acids is 1. The Kier molecular flexibility index (Phi) is 3.39. The lowest BCUT2D eigenvalue weighted by atomic mass is 10.1. The lowest BCUT2D eigenvalue weighted by Gasteiger charge is -2.22. The van der Waals surface area contributed by atoms with E-state index >= 15 is 0 Å². The van der Waals surface area contributed by atoms with Crippen molar-refractivity contribution >= 4 is 22.5 Å². The molecule has 7 nitrogen and oxygen atoms in total. The molecule has 2 aromatic rings. The predicted molar refractivity (Wildman–Crippen MR) is 73.6 cm³/mol. The lowest BCUT2D eigenvalue weighted by molar-refractivity contribution is 0.195. The first-order chi connectivity index (χ1) is 9.63. The van der Waals surface area contributed by atoms with E-state index in [1.54, 1.807) is 4.90 Å². The first-order valence-corrected chi connectivity index (χ1v) is 7.26. The van der Waals surface area contributed by atoms with Crippen LogP contribution in [0.15, 0.2) is 10.6 Å². The van der Waals surface area contributed by atoms with Crippen molar-refractivity contribution in [1.29, 1.82) is 0 Å². The van der Waals surface area contributed by atoms with Gasteiger partial charge in [-0.15, -0.1) is 10.2 Å². The SMILES string of the molecule is Cc1cc(C2CCCN2C(=O)Nc2nnc(C)s2)on1. The molecular weight excluding hydrogens is 278 g/mol. The summed E-state index contributed by atoms with van der Waals surface area (Å²) in [6, 6.07) is 1.66. The van der Waals surface area contributed by atoms with Gasteiger partial charge in [-0.2, -0.15) is 0 Å². The van der Waals surface area contributed by atoms with Crippen molar-refractivity contribution in [3.8, 4) is 0 Å². The third-order valence-corrected chi connectivity index (χ3v) is 3.98. The number of hydrogen-bond acceptors (Lipinski definition) is 6. The van der Waals surface area contributed by atoms with Crippen molar-refractivity contribution in [1.82, 2.24) is 20.3 Å². The highest BCUT2D eigenvalue weighted by molar-refractivity contribution is 7.15. The standard InChI is InChI=1S/C12H15N5O2S/c1-7-6-10(19-16-7)9-4-3-5-17(9)12(18)13-11-15-14-8(2)20-11/h6,9H,3-5H2,1-2H3,(H,13,15,18). The van der Waals surface area contributed by atoms with Gasteiger partial charge < -0.3 is 9.42 Å². The number of nitrogens with one attached hydrogen (secondary N) is 1. The second-order valence-electron chi connectivity index (χ2n) is 4.78. The molecule has 1 aliphatic heterocycles. The van der Waals surface area contributed by atoms with E-state index in [0.717, 1.165) is 29.3 Å². The molecule has 1 fully saturated rings. The van der Waals surface area contributed by atoms with Crippen LogP contribution in [0.25, 0.3) is 0 Å². The van der Waals surface area contributed by atoms with E-state index < -0.39 is 0 Å². The van der Waals surface area contributed by atoms with E-state index in [1.807, 2.05) is 19.9 Å². The molecule has 0 aromatic carbocycles. The van der Waals surface area contributed by atoms with Crippen LogP contribution >= 0.6 is 11.3 Å². The number of amides is 2. The van der Waals surface area contributed by atoms with Gasteiger partial charge in [0.2, 0.25) is 5.13 Å². The number of aromatic nitrogens is 3. The Labute approximate surface area is 120 Å². The molecule has 0 spiro atoms. The van der Waals surface area contributed by atoms with Gasteiger partial charge in [0, 0.05) is 12.6 Å². The Balaban J connectivity index is 1.73. The Bertz CT molecular complexity index is 623. The summed E-state index contributed by atoms with van der Waals surface area (Å²) in [7, 11) is 0. The maximum Gasteiger partial charge on any atom is 0.324 e. The molecule has 1 atom stereocenters. The van der Waals surface area contributed by atoms with Crippen LogP contribution in [-0.2, 0) is 0 Å². The van der Waals surface area contributed by atoms with Crippen molar-refractivity contribution < 1.29 is 9.32 Å². The highest BCUT2D eigenvalue weighted by Crippen LogP contribution is 2.32. The zero-order chi connectivity index (χ0) is 14.1. The van der Waals surface area contributed by atoms with Crippen molar-refractivity contribution in [2.45, 2.75) is 32.7 Å². The fourth-order valence-corrected chi connectivity index (χ4v) is 2.94. The van der Waals surface area contributed by atoms with E-state index in [-0.39, 0.29) is 12.1 Å². The highest BCUT2D eigenvalue weighted by atomic mass is 32.1. The molecule has 2 amide bonds. The van der Waals surface area contributed by atoms with Crippen LogP contribution < -0.4 is 5.32 Å². The van der Waals surface area contributed by atoms with Crippen molar-refractivity contribution in [3.05, 3.63) is 22.5 Å². The van der Waals surface area contributed by atoms with Crippen LogP contribution in [0, 0.1) is 13.8 Å². The molecule has 1 N–H and O–H groups in total. The van der Waals surface area contributed by atoms with Crippen LogP contribution in [0.2, 0.25) is 0 Å². The number of hydrogen-bond donors (Lipinski definition) is 1. The summed E-state index contributed by atoms with van der Waals surface area (Å²) in [5, 5.41) is 15.8. The number of aryl methyl sites for hydroxylation is 2. The first kappa shape index (κ1) is 13.0. The van der Waals surface area contributed by atoms with E-state index in [4.69, 9.17) is 4.52 Å². The molecule has 3 rings (SSSR count). The summed E-state index contributed by atoms with van der Waals surface area (Å²) in [4.78, 5) is 14.1. The highest BCUT2D eigenvalue weighted by Gasteiger charge is 2.33. The zero-order valence-electron chi connectivity index (χ0n) is 11.3. The van der Waals surface area contributed by atoms with Crippen LogP contribution in [0.3, 0.4) is 0 Å². The molecule has 20 heavy (non-hydrogen) atoms. The number of rotatable bonds is 2.